The van der Waals surface area contributed by atoms with Gasteiger partial charge in [-0.25, -0.2) is 4.39 Å². The molecule has 2 nitrogen and oxygen atoms in total. The van der Waals surface area contributed by atoms with Crippen LogP contribution in [0.15, 0.2) is 42.5 Å². The van der Waals surface area contributed by atoms with Crippen LogP contribution >= 0.6 is 11.6 Å². The monoisotopic (exact) mass is 290 g/mol. The molecule has 0 fully saturated rings. The van der Waals surface area contributed by atoms with E-state index in [0.717, 1.165) is 5.56 Å². The molecule has 2 rings (SSSR count). The van der Waals surface area contributed by atoms with Gasteiger partial charge in [-0.3, -0.25) is 0 Å². The van der Waals surface area contributed by atoms with Gasteiger partial charge in [-0.05, 0) is 29.8 Å². The van der Waals surface area contributed by atoms with Crippen LogP contribution < -0.4 is 4.74 Å². The number of aromatic hydroxyl groups is 1. The zero-order valence-electron chi connectivity index (χ0n) is 10.6. The number of ether oxygens (including phenoxy) is 1. The number of phenolic OH excluding ortho intramolecular Hbond substituents is 1. The minimum atomic E-state index is -0.448. The maximum atomic E-state index is 13.7. The Labute approximate surface area is 121 Å². The van der Waals surface area contributed by atoms with E-state index in [2.05, 4.69) is 11.8 Å². The second kappa shape index (κ2) is 6.83. The van der Waals surface area contributed by atoms with E-state index in [9.17, 15) is 9.50 Å². The molecule has 0 amide bonds. The van der Waals surface area contributed by atoms with E-state index in [0.29, 0.717) is 5.75 Å². The summed E-state index contributed by atoms with van der Waals surface area (Å²) in [7, 11) is 0. The van der Waals surface area contributed by atoms with Crippen molar-refractivity contribution >= 4 is 11.6 Å². The number of phenols is 1. The van der Waals surface area contributed by atoms with Gasteiger partial charge in [-0.2, -0.15) is 0 Å². The van der Waals surface area contributed by atoms with Crippen LogP contribution in [0.3, 0.4) is 0 Å². The molecule has 2 aromatic rings. The summed E-state index contributed by atoms with van der Waals surface area (Å²) < 4.78 is 19.2. The molecule has 2 aromatic carbocycles. The standard InChI is InChI=1S/C16H12ClFO2/c17-8-2-4-13-6-7-15(10-16(13)18)20-11-12-3-1-5-14(19)9-12/h1,3,5-7,9-10,19H,8,11H2. The predicted molar refractivity (Wildman–Crippen MR) is 76.4 cm³/mol. The third-order valence-corrected chi connectivity index (χ3v) is 2.68. The molecule has 0 saturated heterocycles. The van der Waals surface area contributed by atoms with Crippen molar-refractivity contribution in [2.45, 2.75) is 6.61 Å². The lowest BCUT2D eigenvalue weighted by Gasteiger charge is -2.07. The highest BCUT2D eigenvalue weighted by atomic mass is 35.5. The first-order valence-electron chi connectivity index (χ1n) is 5.94. The third kappa shape index (κ3) is 3.91. The second-order valence-electron chi connectivity index (χ2n) is 4.04. The van der Waals surface area contributed by atoms with E-state index in [1.165, 1.54) is 6.07 Å². The Morgan fingerprint density at radius 3 is 2.75 bits per heavy atom. The van der Waals surface area contributed by atoms with Crippen LogP contribution in [-0.2, 0) is 6.61 Å². The Bertz CT molecular complexity index is 659. The zero-order valence-corrected chi connectivity index (χ0v) is 11.3. The molecule has 1 N–H and O–H groups in total. The van der Waals surface area contributed by atoms with E-state index in [4.69, 9.17) is 16.3 Å². The topological polar surface area (TPSA) is 29.5 Å². The Morgan fingerprint density at radius 2 is 2.05 bits per heavy atom. The van der Waals surface area contributed by atoms with Crippen molar-refractivity contribution in [3.8, 4) is 23.3 Å². The van der Waals surface area contributed by atoms with Gasteiger partial charge in [0, 0.05) is 6.07 Å². The first-order valence-corrected chi connectivity index (χ1v) is 6.47. The fourth-order valence-electron chi connectivity index (χ4n) is 1.63. The maximum absolute atomic E-state index is 13.7. The van der Waals surface area contributed by atoms with Crippen molar-refractivity contribution in [3.63, 3.8) is 0 Å². The molecule has 0 spiro atoms. The van der Waals surface area contributed by atoms with E-state index in [1.54, 1.807) is 30.3 Å². The lowest BCUT2D eigenvalue weighted by molar-refractivity contribution is 0.304. The van der Waals surface area contributed by atoms with Crippen molar-refractivity contribution in [2.75, 3.05) is 5.88 Å². The molecule has 0 aliphatic carbocycles. The third-order valence-electron chi connectivity index (χ3n) is 2.55. The van der Waals surface area contributed by atoms with Gasteiger partial charge in [0.05, 0.1) is 11.4 Å². The minimum absolute atomic E-state index is 0.162. The van der Waals surface area contributed by atoms with Crippen LogP contribution in [0.4, 0.5) is 4.39 Å². The molecule has 0 atom stereocenters. The Hall–Kier alpha value is -2.18. The van der Waals surface area contributed by atoms with Crippen molar-refractivity contribution < 1.29 is 14.2 Å². The van der Waals surface area contributed by atoms with Crippen molar-refractivity contribution in [2.24, 2.45) is 0 Å². The molecule has 0 radical (unpaired) electrons. The first kappa shape index (κ1) is 14.2. The lowest BCUT2D eigenvalue weighted by Crippen LogP contribution is -1.96. The number of hydrogen-bond donors (Lipinski definition) is 1. The van der Waals surface area contributed by atoms with Crippen molar-refractivity contribution in [1.29, 1.82) is 0 Å². The van der Waals surface area contributed by atoms with Gasteiger partial charge in [0.25, 0.3) is 0 Å². The van der Waals surface area contributed by atoms with E-state index in [1.807, 2.05) is 6.07 Å². The van der Waals surface area contributed by atoms with Gasteiger partial charge in [-0.1, -0.05) is 24.0 Å². The second-order valence-corrected chi connectivity index (χ2v) is 4.30. The normalized spacial score (nSPS) is 9.70. The summed E-state index contributed by atoms with van der Waals surface area (Å²) in [5, 5.41) is 9.33. The van der Waals surface area contributed by atoms with Gasteiger partial charge in [0.1, 0.15) is 23.9 Å². The largest absolute Gasteiger partial charge is 0.508 e. The number of hydrogen-bond acceptors (Lipinski definition) is 2. The molecular formula is C16H12ClFO2. The van der Waals surface area contributed by atoms with Gasteiger partial charge >= 0.3 is 0 Å². The van der Waals surface area contributed by atoms with Crippen LogP contribution in [0.5, 0.6) is 11.5 Å². The number of benzene rings is 2. The van der Waals surface area contributed by atoms with Gasteiger partial charge in [0.2, 0.25) is 0 Å². The predicted octanol–water partition coefficient (Wildman–Crippen LogP) is 3.70. The van der Waals surface area contributed by atoms with Crippen LogP contribution in [0, 0.1) is 17.7 Å². The van der Waals surface area contributed by atoms with Crippen LogP contribution in [0.25, 0.3) is 0 Å². The molecule has 4 heteroatoms. The fraction of sp³-hybridized carbons (Fsp3) is 0.125. The molecule has 20 heavy (non-hydrogen) atoms. The molecular weight excluding hydrogens is 279 g/mol. The van der Waals surface area contributed by atoms with E-state index in [-0.39, 0.29) is 23.8 Å². The number of halogens is 2. The summed E-state index contributed by atoms with van der Waals surface area (Å²) in [5.74, 6) is 5.51. The first-order chi connectivity index (χ1) is 9.69. The Morgan fingerprint density at radius 1 is 1.20 bits per heavy atom. The average molecular weight is 291 g/mol. The SMILES string of the molecule is Oc1cccc(COc2ccc(C#CCCl)c(F)c2)c1. The van der Waals surface area contributed by atoms with Crippen molar-refractivity contribution in [1.82, 2.24) is 0 Å². The molecule has 0 aliphatic heterocycles. The molecule has 0 saturated carbocycles. The highest BCUT2D eigenvalue weighted by Crippen LogP contribution is 2.18. The highest BCUT2D eigenvalue weighted by molar-refractivity contribution is 6.19. The fourth-order valence-corrected chi connectivity index (χ4v) is 1.70. The average Bonchev–Trinajstić information content (AvgIpc) is 2.44. The summed E-state index contributed by atoms with van der Waals surface area (Å²) >= 11 is 5.42. The van der Waals surface area contributed by atoms with Gasteiger partial charge in [-0.15, -0.1) is 11.6 Å². The Balaban J connectivity index is 2.05. The zero-order chi connectivity index (χ0) is 14.4. The molecule has 102 valence electrons. The summed E-state index contributed by atoms with van der Waals surface area (Å²) in [6, 6.07) is 11.2. The van der Waals surface area contributed by atoms with Gasteiger partial charge < -0.3 is 9.84 Å². The molecule has 0 aromatic heterocycles. The molecule has 0 aliphatic rings. The van der Waals surface area contributed by atoms with Crippen molar-refractivity contribution in [3.05, 3.63) is 59.4 Å². The minimum Gasteiger partial charge on any atom is -0.508 e. The smallest absolute Gasteiger partial charge is 0.142 e. The highest BCUT2D eigenvalue weighted by Gasteiger charge is 2.03. The van der Waals surface area contributed by atoms with E-state index < -0.39 is 5.82 Å². The number of rotatable bonds is 3. The van der Waals surface area contributed by atoms with E-state index >= 15 is 0 Å². The Kier molecular flexibility index (Phi) is 4.86. The number of alkyl halides is 1. The maximum Gasteiger partial charge on any atom is 0.142 e. The molecule has 0 bridgehead atoms. The molecule has 0 heterocycles. The lowest BCUT2D eigenvalue weighted by atomic mass is 10.2. The summed E-state index contributed by atoms with van der Waals surface area (Å²) in [5.41, 5.74) is 1.09. The summed E-state index contributed by atoms with van der Waals surface area (Å²) in [6.45, 7) is 0.251. The van der Waals surface area contributed by atoms with Gasteiger partial charge in [0.15, 0.2) is 0 Å². The molecule has 0 unspecified atom stereocenters. The van der Waals surface area contributed by atoms with Crippen LogP contribution in [0.2, 0.25) is 0 Å². The van der Waals surface area contributed by atoms with Crippen LogP contribution in [0.1, 0.15) is 11.1 Å². The quantitative estimate of drug-likeness (QED) is 0.690. The summed E-state index contributed by atoms with van der Waals surface area (Å²) in [4.78, 5) is 0. The van der Waals surface area contributed by atoms with Crippen LogP contribution in [-0.4, -0.2) is 11.0 Å². The summed E-state index contributed by atoms with van der Waals surface area (Å²) in [6.07, 6.45) is 0.